The predicted molar refractivity (Wildman–Crippen MR) is 151 cm³/mol. The standard InChI is InChI=1S/C31H33FN6O/c32-22-10-7-20(8-11-22)28-27-29(36-31(33)35-28)26-23(5-2-6-24(26)30(27)39)21-9-12-25(34-17-21)38-15-13-37(14-16-38)18-19-3-1-4-19/h2,5-12,17,19,27-28,30,39H,1,3-4,13-16,18H2,(H2,33,35). The molecule has 8 heteroatoms. The molecule has 1 aromatic heterocycles. The van der Waals surface area contributed by atoms with Gasteiger partial charge in [-0.3, -0.25) is 4.90 Å². The molecule has 200 valence electrons. The van der Waals surface area contributed by atoms with Crippen molar-refractivity contribution in [1.29, 1.82) is 0 Å². The number of aromatic nitrogens is 1. The van der Waals surface area contributed by atoms with Crippen LogP contribution in [-0.2, 0) is 0 Å². The molecule has 7 nitrogen and oxygen atoms in total. The molecular weight excluding hydrogens is 491 g/mol. The second kappa shape index (κ2) is 9.84. The Kier molecular flexibility index (Phi) is 6.16. The summed E-state index contributed by atoms with van der Waals surface area (Å²) >= 11 is 0. The van der Waals surface area contributed by atoms with E-state index in [2.05, 4.69) is 31.9 Å². The molecule has 3 aromatic rings. The largest absolute Gasteiger partial charge is 0.388 e. The minimum atomic E-state index is -0.797. The third-order valence-corrected chi connectivity index (χ3v) is 8.88. The van der Waals surface area contributed by atoms with Gasteiger partial charge in [0.15, 0.2) is 0 Å². The van der Waals surface area contributed by atoms with Crippen LogP contribution in [0.3, 0.4) is 0 Å². The molecule has 3 atom stereocenters. The maximum Gasteiger partial charge on any atom is 0.216 e. The summed E-state index contributed by atoms with van der Waals surface area (Å²) in [6.45, 7) is 5.40. The lowest BCUT2D eigenvalue weighted by Gasteiger charge is -2.39. The van der Waals surface area contributed by atoms with E-state index in [0.717, 1.165) is 71.4 Å². The van der Waals surface area contributed by atoms with E-state index >= 15 is 0 Å². The Bertz CT molecular complexity index is 1420. The van der Waals surface area contributed by atoms with E-state index < -0.39 is 18.1 Å². The maximum atomic E-state index is 13.6. The molecule has 3 unspecified atom stereocenters. The van der Waals surface area contributed by atoms with Crippen LogP contribution in [0.15, 0.2) is 70.8 Å². The fourth-order valence-electron chi connectivity index (χ4n) is 6.55. The molecule has 39 heavy (non-hydrogen) atoms. The molecule has 4 aliphatic rings. The first kappa shape index (κ1) is 24.4. The van der Waals surface area contributed by atoms with Crippen LogP contribution in [-0.4, -0.2) is 59.4 Å². The summed E-state index contributed by atoms with van der Waals surface area (Å²) in [5.41, 5.74) is 11.3. The predicted octanol–water partition coefficient (Wildman–Crippen LogP) is 4.33. The Morgan fingerprint density at radius 2 is 1.77 bits per heavy atom. The molecule has 1 saturated carbocycles. The number of benzene rings is 2. The number of piperazine rings is 1. The Balaban J connectivity index is 1.15. The number of guanidine groups is 1. The van der Waals surface area contributed by atoms with Crippen LogP contribution >= 0.6 is 0 Å². The maximum absolute atomic E-state index is 13.6. The molecule has 2 aromatic carbocycles. The van der Waals surface area contributed by atoms with Gasteiger partial charge in [0, 0.05) is 50.0 Å². The molecule has 7 rings (SSSR count). The molecule has 3 N–H and O–H groups in total. The Morgan fingerprint density at radius 1 is 0.974 bits per heavy atom. The molecule has 1 saturated heterocycles. The van der Waals surface area contributed by atoms with Crippen LogP contribution in [0.2, 0.25) is 0 Å². The first-order chi connectivity index (χ1) is 19.0. The molecule has 2 fully saturated rings. The van der Waals surface area contributed by atoms with Crippen molar-refractivity contribution in [2.24, 2.45) is 27.6 Å². The molecule has 2 aliphatic carbocycles. The topological polar surface area (TPSA) is 90.3 Å². The lowest BCUT2D eigenvalue weighted by atomic mass is 9.85. The van der Waals surface area contributed by atoms with E-state index in [1.165, 1.54) is 37.9 Å². The van der Waals surface area contributed by atoms with Crippen LogP contribution in [0, 0.1) is 17.7 Å². The van der Waals surface area contributed by atoms with Crippen molar-refractivity contribution in [3.8, 4) is 11.1 Å². The van der Waals surface area contributed by atoms with Crippen molar-refractivity contribution >= 4 is 17.5 Å². The second-order valence-corrected chi connectivity index (χ2v) is 11.2. The third kappa shape index (κ3) is 4.41. The number of anilines is 1. The summed E-state index contributed by atoms with van der Waals surface area (Å²) in [4.78, 5) is 19.0. The number of hydrogen-bond donors (Lipinski definition) is 2. The summed E-state index contributed by atoms with van der Waals surface area (Å²) < 4.78 is 13.6. The van der Waals surface area contributed by atoms with Gasteiger partial charge in [0.2, 0.25) is 5.96 Å². The number of aliphatic imine (C=N–C) groups is 2. The molecule has 3 heterocycles. The summed E-state index contributed by atoms with van der Waals surface area (Å²) in [6, 6.07) is 15.9. The second-order valence-electron chi connectivity index (χ2n) is 11.2. The van der Waals surface area contributed by atoms with Crippen LogP contribution in [0.5, 0.6) is 0 Å². The molecule has 0 spiro atoms. The summed E-state index contributed by atoms with van der Waals surface area (Å²) in [7, 11) is 0. The first-order valence-corrected chi connectivity index (χ1v) is 14.0. The molecule has 0 radical (unpaired) electrons. The van der Waals surface area contributed by atoms with Crippen molar-refractivity contribution in [1.82, 2.24) is 9.88 Å². The lowest BCUT2D eigenvalue weighted by Crippen LogP contribution is -2.48. The van der Waals surface area contributed by atoms with Crippen LogP contribution in [0.4, 0.5) is 10.2 Å². The average molecular weight is 525 g/mol. The normalized spacial score (nSPS) is 25.0. The van der Waals surface area contributed by atoms with Crippen molar-refractivity contribution in [3.63, 3.8) is 0 Å². The highest BCUT2D eigenvalue weighted by molar-refractivity contribution is 6.16. The highest BCUT2D eigenvalue weighted by Crippen LogP contribution is 2.49. The van der Waals surface area contributed by atoms with Crippen molar-refractivity contribution in [2.75, 3.05) is 37.6 Å². The summed E-state index contributed by atoms with van der Waals surface area (Å²) in [5.74, 6) is 1.35. The van der Waals surface area contributed by atoms with Crippen molar-refractivity contribution in [3.05, 3.63) is 83.3 Å². The first-order valence-electron chi connectivity index (χ1n) is 14.0. The van der Waals surface area contributed by atoms with Gasteiger partial charge in [-0.15, -0.1) is 0 Å². The molecule has 2 aliphatic heterocycles. The van der Waals surface area contributed by atoms with E-state index in [0.29, 0.717) is 0 Å². The van der Waals surface area contributed by atoms with E-state index in [4.69, 9.17) is 10.7 Å². The van der Waals surface area contributed by atoms with E-state index in [9.17, 15) is 9.50 Å². The average Bonchev–Trinajstić information content (AvgIpc) is 3.23. The van der Waals surface area contributed by atoms with Gasteiger partial charge in [-0.25, -0.2) is 19.4 Å². The quantitative estimate of drug-likeness (QED) is 0.519. The molecule has 0 bridgehead atoms. The number of pyridine rings is 1. The Hall–Kier alpha value is -3.62. The smallest absolute Gasteiger partial charge is 0.216 e. The number of rotatable bonds is 5. The zero-order chi connectivity index (χ0) is 26.5. The SMILES string of the molecule is NC1=NC(c2ccc(F)cc2)C2C(=N1)c1c(-c3ccc(N4CCN(CC5CCC5)CC4)nc3)cccc1C2O. The molecule has 0 amide bonds. The third-order valence-electron chi connectivity index (χ3n) is 8.88. The van der Waals surface area contributed by atoms with Crippen LogP contribution in [0.1, 0.15) is 48.1 Å². The zero-order valence-electron chi connectivity index (χ0n) is 21.9. The van der Waals surface area contributed by atoms with Gasteiger partial charge >= 0.3 is 0 Å². The highest BCUT2D eigenvalue weighted by atomic mass is 19.1. The van der Waals surface area contributed by atoms with E-state index in [1.54, 1.807) is 12.1 Å². The monoisotopic (exact) mass is 524 g/mol. The number of hydrogen-bond acceptors (Lipinski definition) is 7. The zero-order valence-corrected chi connectivity index (χ0v) is 21.9. The van der Waals surface area contributed by atoms with E-state index in [-0.39, 0.29) is 11.8 Å². The minimum absolute atomic E-state index is 0.162. The van der Waals surface area contributed by atoms with Crippen LogP contribution < -0.4 is 10.6 Å². The van der Waals surface area contributed by atoms with Gasteiger partial charge in [0.25, 0.3) is 0 Å². The number of nitrogens with two attached hydrogens (primary N) is 1. The van der Waals surface area contributed by atoms with Gasteiger partial charge in [-0.05, 0) is 59.7 Å². The van der Waals surface area contributed by atoms with Gasteiger partial charge in [0.05, 0.1) is 23.8 Å². The number of aliphatic hydroxyl groups is 1. The summed E-state index contributed by atoms with van der Waals surface area (Å²) in [5, 5.41) is 11.4. The van der Waals surface area contributed by atoms with Crippen LogP contribution in [0.25, 0.3) is 11.1 Å². The fourth-order valence-corrected chi connectivity index (χ4v) is 6.55. The van der Waals surface area contributed by atoms with E-state index in [1.807, 2.05) is 24.4 Å². The van der Waals surface area contributed by atoms with Gasteiger partial charge in [0.1, 0.15) is 11.6 Å². The Labute approximate surface area is 227 Å². The molecular formula is C31H33FN6O. The van der Waals surface area contributed by atoms with Gasteiger partial charge in [-0.2, -0.15) is 0 Å². The Morgan fingerprint density at radius 3 is 2.46 bits per heavy atom. The van der Waals surface area contributed by atoms with Gasteiger partial charge in [-0.1, -0.05) is 36.8 Å². The minimum Gasteiger partial charge on any atom is -0.388 e. The highest BCUT2D eigenvalue weighted by Gasteiger charge is 2.45. The van der Waals surface area contributed by atoms with Gasteiger partial charge < -0.3 is 15.7 Å². The lowest BCUT2D eigenvalue weighted by molar-refractivity contribution is 0.134. The summed E-state index contributed by atoms with van der Waals surface area (Å²) in [6.07, 6.45) is 5.30. The number of halogens is 1. The van der Waals surface area contributed by atoms with Crippen molar-refractivity contribution in [2.45, 2.75) is 31.4 Å². The number of fused-ring (bicyclic) bond motifs is 3. The number of aliphatic hydroxyl groups excluding tert-OH is 1. The van der Waals surface area contributed by atoms with Crippen molar-refractivity contribution < 1.29 is 9.50 Å². The fraction of sp³-hybridized carbons (Fsp3) is 0.387. The number of nitrogens with zero attached hydrogens (tertiary/aromatic N) is 5.